The van der Waals surface area contributed by atoms with Gasteiger partial charge < -0.3 is 15.0 Å². The van der Waals surface area contributed by atoms with E-state index in [4.69, 9.17) is 27.9 Å². The predicted octanol–water partition coefficient (Wildman–Crippen LogP) is 7.14. The van der Waals surface area contributed by atoms with Gasteiger partial charge in [-0.05, 0) is 84.6 Å². The number of carbonyl (C=O) groups excluding carboxylic acids is 2. The molecule has 4 rings (SSSR count). The normalized spacial score (nSPS) is 12.0. The Hall–Kier alpha value is -4.12. The summed E-state index contributed by atoms with van der Waals surface area (Å²) < 4.78 is 48.5. The molecule has 0 fully saturated rings. The highest BCUT2D eigenvalue weighted by Crippen LogP contribution is 2.28. The Morgan fingerprint density at radius 1 is 0.917 bits per heavy atom. The summed E-state index contributed by atoms with van der Waals surface area (Å²) in [4.78, 5) is 29.6. The number of carbonyl (C=O) groups is 2. The Labute approximate surface area is 291 Å². The largest absolute Gasteiger partial charge is 0.494 e. The molecule has 8 nitrogen and oxygen atoms in total. The number of halogens is 3. The van der Waals surface area contributed by atoms with E-state index in [2.05, 4.69) is 5.32 Å². The minimum Gasteiger partial charge on any atom is -0.494 e. The summed E-state index contributed by atoms with van der Waals surface area (Å²) in [6, 6.07) is 23.6. The van der Waals surface area contributed by atoms with Gasteiger partial charge in [-0.1, -0.05) is 73.4 Å². The van der Waals surface area contributed by atoms with Crippen molar-refractivity contribution in [2.45, 2.75) is 44.7 Å². The lowest BCUT2D eigenvalue weighted by Gasteiger charge is -2.34. The van der Waals surface area contributed by atoms with Crippen LogP contribution in [0.3, 0.4) is 0 Å². The third-order valence-corrected chi connectivity index (χ3v) is 9.80. The monoisotopic (exact) mass is 713 g/mol. The molecule has 1 atom stereocenters. The van der Waals surface area contributed by atoms with Crippen LogP contribution in [0.2, 0.25) is 10.0 Å². The van der Waals surface area contributed by atoms with Gasteiger partial charge in [0.1, 0.15) is 24.2 Å². The van der Waals surface area contributed by atoms with Gasteiger partial charge in [0.25, 0.3) is 10.0 Å². The maximum atomic E-state index is 14.6. The van der Waals surface area contributed by atoms with E-state index in [0.29, 0.717) is 29.5 Å². The van der Waals surface area contributed by atoms with Gasteiger partial charge in [-0.15, -0.1) is 0 Å². The number of nitrogens with one attached hydrogen (secondary N) is 1. The van der Waals surface area contributed by atoms with Crippen LogP contribution in [-0.2, 0) is 32.6 Å². The molecule has 0 aliphatic heterocycles. The number of ether oxygens (including phenoxy) is 1. The molecule has 12 heteroatoms. The van der Waals surface area contributed by atoms with Crippen LogP contribution in [0.4, 0.5) is 10.1 Å². The summed E-state index contributed by atoms with van der Waals surface area (Å²) >= 11 is 12.7. The zero-order valence-electron chi connectivity index (χ0n) is 26.9. The lowest BCUT2D eigenvalue weighted by atomic mass is 10.0. The lowest BCUT2D eigenvalue weighted by Crippen LogP contribution is -2.53. The highest BCUT2D eigenvalue weighted by molar-refractivity contribution is 7.92. The number of rotatable bonds is 15. The number of amides is 2. The van der Waals surface area contributed by atoms with Crippen LogP contribution in [0.5, 0.6) is 5.75 Å². The molecular weight excluding hydrogens is 676 g/mol. The fourth-order valence-electron chi connectivity index (χ4n) is 4.95. The van der Waals surface area contributed by atoms with Gasteiger partial charge in [0, 0.05) is 29.6 Å². The van der Waals surface area contributed by atoms with E-state index in [0.717, 1.165) is 34.1 Å². The van der Waals surface area contributed by atoms with Crippen LogP contribution >= 0.6 is 23.2 Å². The summed E-state index contributed by atoms with van der Waals surface area (Å²) in [6.45, 7) is 5.71. The first-order chi connectivity index (χ1) is 22.9. The number of sulfonamides is 1. The molecule has 4 aromatic rings. The Balaban J connectivity index is 1.82. The quantitative estimate of drug-likeness (QED) is 0.141. The molecule has 1 N–H and O–H groups in total. The van der Waals surface area contributed by atoms with Crippen LogP contribution in [0.25, 0.3) is 0 Å². The summed E-state index contributed by atoms with van der Waals surface area (Å²) in [5.74, 6) is -1.03. The Morgan fingerprint density at radius 2 is 1.58 bits per heavy atom. The number of nitrogens with zero attached hydrogens (tertiary/aromatic N) is 2. The van der Waals surface area contributed by atoms with Gasteiger partial charge >= 0.3 is 0 Å². The van der Waals surface area contributed by atoms with Crippen molar-refractivity contribution in [3.05, 3.63) is 124 Å². The highest BCUT2D eigenvalue weighted by atomic mass is 35.5. The van der Waals surface area contributed by atoms with Crippen molar-refractivity contribution in [1.29, 1.82) is 0 Å². The van der Waals surface area contributed by atoms with Gasteiger partial charge in [0.15, 0.2) is 0 Å². The van der Waals surface area contributed by atoms with Crippen LogP contribution in [-0.4, -0.2) is 50.9 Å². The Bertz CT molecular complexity index is 1790. The molecular formula is C36H38Cl2FN3O5S. The van der Waals surface area contributed by atoms with Crippen molar-refractivity contribution < 1.29 is 27.1 Å². The first kappa shape index (κ1) is 36.7. The van der Waals surface area contributed by atoms with E-state index in [9.17, 15) is 22.4 Å². The molecule has 0 spiro atoms. The van der Waals surface area contributed by atoms with Gasteiger partial charge in [0.05, 0.1) is 17.2 Å². The Kier molecular flexibility index (Phi) is 12.9. The van der Waals surface area contributed by atoms with E-state index < -0.39 is 40.2 Å². The minimum atomic E-state index is -4.40. The standard InChI is InChI=1S/C36H38Cl2FN3O5S/c1-4-47-31-16-14-30(15-17-31)42(48(45,46)32-18-12-29(39)13-19-32)24-35(43)41(23-27-10-11-28(37)21-33(27)38)34(36(44)40-22-25(2)3)20-26-8-6-5-7-9-26/h5-19,21,25,34H,4,20,22-24H2,1-3H3,(H,40,44)/t34-/m1/s1. The maximum absolute atomic E-state index is 14.6. The Morgan fingerprint density at radius 3 is 2.19 bits per heavy atom. The first-order valence-corrected chi connectivity index (χ1v) is 17.6. The molecule has 0 aliphatic carbocycles. The molecule has 0 saturated heterocycles. The minimum absolute atomic E-state index is 0.116. The molecule has 0 unspecified atom stereocenters. The summed E-state index contributed by atoms with van der Waals surface area (Å²) in [7, 11) is -4.40. The topological polar surface area (TPSA) is 96.0 Å². The number of hydrogen-bond donors (Lipinski definition) is 1. The van der Waals surface area contributed by atoms with E-state index >= 15 is 0 Å². The number of anilines is 1. The molecule has 0 bridgehead atoms. The fourth-order valence-corrected chi connectivity index (χ4v) is 6.83. The smallest absolute Gasteiger partial charge is 0.264 e. The summed E-state index contributed by atoms with van der Waals surface area (Å²) in [6.07, 6.45) is 0.148. The third-order valence-electron chi connectivity index (χ3n) is 7.43. The second-order valence-corrected chi connectivity index (χ2v) is 14.2. The van der Waals surface area contributed by atoms with Gasteiger partial charge in [-0.2, -0.15) is 0 Å². The van der Waals surface area contributed by atoms with Gasteiger partial charge in [0.2, 0.25) is 11.8 Å². The lowest BCUT2D eigenvalue weighted by molar-refractivity contribution is -0.140. The molecule has 48 heavy (non-hydrogen) atoms. The molecule has 4 aromatic carbocycles. The molecule has 2 amide bonds. The SMILES string of the molecule is CCOc1ccc(N(CC(=O)N(Cc2ccc(Cl)cc2Cl)[C@H](Cc2ccccc2)C(=O)NCC(C)C)S(=O)(=O)c2ccc(F)cc2)cc1. The number of hydrogen-bond acceptors (Lipinski definition) is 5. The van der Waals surface area contributed by atoms with E-state index in [1.54, 1.807) is 24.3 Å². The number of benzene rings is 4. The van der Waals surface area contributed by atoms with Crippen molar-refractivity contribution in [2.24, 2.45) is 5.92 Å². The van der Waals surface area contributed by atoms with E-state index in [1.807, 2.05) is 51.1 Å². The average molecular weight is 715 g/mol. The summed E-state index contributed by atoms with van der Waals surface area (Å²) in [5, 5.41) is 3.62. The average Bonchev–Trinajstić information content (AvgIpc) is 3.06. The van der Waals surface area contributed by atoms with Crippen molar-refractivity contribution in [2.75, 3.05) is 24.0 Å². The van der Waals surface area contributed by atoms with Crippen molar-refractivity contribution >= 4 is 50.7 Å². The molecule has 0 heterocycles. The van der Waals surface area contributed by atoms with Crippen molar-refractivity contribution in [3.63, 3.8) is 0 Å². The van der Waals surface area contributed by atoms with Crippen molar-refractivity contribution in [1.82, 2.24) is 10.2 Å². The second-order valence-electron chi connectivity index (χ2n) is 11.5. The van der Waals surface area contributed by atoms with E-state index in [-0.39, 0.29) is 34.5 Å². The maximum Gasteiger partial charge on any atom is 0.264 e. The van der Waals surface area contributed by atoms with Gasteiger partial charge in [-0.25, -0.2) is 12.8 Å². The van der Waals surface area contributed by atoms with Crippen LogP contribution in [0.15, 0.2) is 102 Å². The molecule has 0 aliphatic rings. The van der Waals surface area contributed by atoms with Crippen molar-refractivity contribution in [3.8, 4) is 5.75 Å². The fraction of sp³-hybridized carbons (Fsp3) is 0.278. The van der Waals surface area contributed by atoms with Gasteiger partial charge in [-0.3, -0.25) is 13.9 Å². The zero-order valence-corrected chi connectivity index (χ0v) is 29.2. The first-order valence-electron chi connectivity index (χ1n) is 15.4. The molecule has 0 saturated carbocycles. The van der Waals surface area contributed by atoms with E-state index in [1.165, 1.54) is 23.1 Å². The third kappa shape index (κ3) is 9.71. The summed E-state index contributed by atoms with van der Waals surface area (Å²) in [5.41, 5.74) is 1.48. The van der Waals surface area contributed by atoms with Crippen LogP contribution in [0, 0.1) is 11.7 Å². The molecule has 0 aromatic heterocycles. The molecule has 0 radical (unpaired) electrons. The van der Waals surface area contributed by atoms with Crippen LogP contribution < -0.4 is 14.4 Å². The highest BCUT2D eigenvalue weighted by Gasteiger charge is 2.35. The zero-order chi connectivity index (χ0) is 34.8. The predicted molar refractivity (Wildman–Crippen MR) is 187 cm³/mol. The van der Waals surface area contributed by atoms with Crippen LogP contribution in [0.1, 0.15) is 31.9 Å². The molecule has 254 valence electrons. The second kappa shape index (κ2) is 16.8.